The Morgan fingerprint density at radius 3 is 2.77 bits per heavy atom. The van der Waals surface area contributed by atoms with Gasteiger partial charge in [-0.25, -0.2) is 0 Å². The summed E-state index contributed by atoms with van der Waals surface area (Å²) in [5, 5.41) is 0. The molecule has 74 valence electrons. The largest absolute Gasteiger partial charge is 0.342 e. The van der Waals surface area contributed by atoms with Crippen LogP contribution in [0.3, 0.4) is 0 Å². The standard InChI is InChI=1S/C10H18N2O/c11-6-8-2-1-5-12(7-8)10(13)9-3-4-9/h8-9H,1-7,11H2/t8-/m0/s1. The van der Waals surface area contributed by atoms with Crippen LogP contribution in [0, 0.1) is 11.8 Å². The smallest absolute Gasteiger partial charge is 0.225 e. The Bertz CT molecular complexity index is 201. The molecule has 0 aromatic rings. The molecule has 0 aromatic carbocycles. The number of piperidine rings is 1. The topological polar surface area (TPSA) is 46.3 Å². The van der Waals surface area contributed by atoms with Gasteiger partial charge in [0, 0.05) is 19.0 Å². The first kappa shape index (κ1) is 9.00. The van der Waals surface area contributed by atoms with E-state index in [4.69, 9.17) is 5.73 Å². The third-order valence-corrected chi connectivity index (χ3v) is 3.09. The Morgan fingerprint density at radius 2 is 2.15 bits per heavy atom. The zero-order valence-corrected chi connectivity index (χ0v) is 8.04. The molecule has 1 aliphatic carbocycles. The molecule has 2 rings (SSSR count). The van der Waals surface area contributed by atoms with Gasteiger partial charge in [0.15, 0.2) is 0 Å². The molecule has 13 heavy (non-hydrogen) atoms. The minimum Gasteiger partial charge on any atom is -0.342 e. The Morgan fingerprint density at radius 1 is 1.38 bits per heavy atom. The molecule has 3 nitrogen and oxygen atoms in total. The van der Waals surface area contributed by atoms with Crippen molar-refractivity contribution in [2.45, 2.75) is 25.7 Å². The molecule has 0 unspecified atom stereocenters. The molecule has 2 fully saturated rings. The van der Waals surface area contributed by atoms with Gasteiger partial charge in [-0.05, 0) is 38.1 Å². The molecule has 1 atom stereocenters. The van der Waals surface area contributed by atoms with E-state index < -0.39 is 0 Å². The number of nitrogens with zero attached hydrogens (tertiary/aromatic N) is 1. The Balaban J connectivity index is 1.87. The van der Waals surface area contributed by atoms with Crippen LogP contribution in [0.4, 0.5) is 0 Å². The van der Waals surface area contributed by atoms with Gasteiger partial charge in [0.25, 0.3) is 0 Å². The van der Waals surface area contributed by atoms with Crippen LogP contribution in [0.25, 0.3) is 0 Å². The summed E-state index contributed by atoms with van der Waals surface area (Å²) in [5.41, 5.74) is 5.62. The maximum atomic E-state index is 11.7. The molecule has 0 radical (unpaired) electrons. The van der Waals surface area contributed by atoms with Crippen molar-refractivity contribution in [3.8, 4) is 0 Å². The average Bonchev–Trinajstić information content (AvgIpc) is 3.00. The van der Waals surface area contributed by atoms with Gasteiger partial charge in [-0.1, -0.05) is 0 Å². The predicted molar refractivity (Wildman–Crippen MR) is 51.1 cm³/mol. The lowest BCUT2D eigenvalue weighted by Gasteiger charge is -2.32. The summed E-state index contributed by atoms with van der Waals surface area (Å²) in [6, 6.07) is 0. The second-order valence-corrected chi connectivity index (χ2v) is 4.30. The van der Waals surface area contributed by atoms with Gasteiger partial charge in [-0.3, -0.25) is 4.79 Å². The third kappa shape index (κ3) is 2.02. The summed E-state index contributed by atoms with van der Waals surface area (Å²) < 4.78 is 0. The quantitative estimate of drug-likeness (QED) is 0.679. The fourth-order valence-corrected chi connectivity index (χ4v) is 2.05. The van der Waals surface area contributed by atoms with E-state index in [9.17, 15) is 4.79 Å². The molecule has 0 aromatic heterocycles. The van der Waals surface area contributed by atoms with E-state index in [2.05, 4.69) is 0 Å². The van der Waals surface area contributed by atoms with E-state index in [1.807, 2.05) is 4.90 Å². The van der Waals surface area contributed by atoms with Gasteiger partial charge in [-0.2, -0.15) is 0 Å². The number of hydrogen-bond donors (Lipinski definition) is 1. The number of amides is 1. The lowest BCUT2D eigenvalue weighted by Crippen LogP contribution is -2.42. The molecule has 3 heteroatoms. The Kier molecular flexibility index (Phi) is 2.54. The van der Waals surface area contributed by atoms with Gasteiger partial charge < -0.3 is 10.6 Å². The van der Waals surface area contributed by atoms with Crippen molar-refractivity contribution in [1.29, 1.82) is 0 Å². The molecule has 1 aliphatic heterocycles. The molecular weight excluding hydrogens is 164 g/mol. The number of carbonyl (C=O) groups excluding carboxylic acids is 1. The third-order valence-electron chi connectivity index (χ3n) is 3.09. The number of hydrogen-bond acceptors (Lipinski definition) is 2. The van der Waals surface area contributed by atoms with Crippen molar-refractivity contribution in [3.63, 3.8) is 0 Å². The van der Waals surface area contributed by atoms with Crippen LogP contribution in [-0.2, 0) is 4.79 Å². The van der Waals surface area contributed by atoms with Crippen LogP contribution >= 0.6 is 0 Å². The summed E-state index contributed by atoms with van der Waals surface area (Å²) in [6.45, 7) is 2.60. The van der Waals surface area contributed by atoms with Crippen molar-refractivity contribution in [3.05, 3.63) is 0 Å². The first-order valence-corrected chi connectivity index (χ1v) is 5.30. The summed E-state index contributed by atoms with van der Waals surface area (Å²) in [6.07, 6.45) is 4.57. The fraction of sp³-hybridized carbons (Fsp3) is 0.900. The summed E-state index contributed by atoms with van der Waals surface area (Å²) in [7, 11) is 0. The zero-order chi connectivity index (χ0) is 9.26. The molecule has 2 N–H and O–H groups in total. The molecular formula is C10H18N2O. The van der Waals surface area contributed by atoms with E-state index in [-0.39, 0.29) is 0 Å². The highest BCUT2D eigenvalue weighted by molar-refractivity contribution is 5.81. The zero-order valence-electron chi connectivity index (χ0n) is 8.04. The van der Waals surface area contributed by atoms with Gasteiger partial charge >= 0.3 is 0 Å². The molecule has 1 amide bonds. The molecule has 1 saturated carbocycles. The number of carbonyl (C=O) groups is 1. The van der Waals surface area contributed by atoms with E-state index in [1.54, 1.807) is 0 Å². The fourth-order valence-electron chi connectivity index (χ4n) is 2.05. The lowest BCUT2D eigenvalue weighted by atomic mass is 9.98. The minimum absolute atomic E-state index is 0.372. The Labute approximate surface area is 79.3 Å². The summed E-state index contributed by atoms with van der Waals surface area (Å²) in [4.78, 5) is 13.7. The van der Waals surface area contributed by atoms with Crippen LogP contribution in [0.2, 0.25) is 0 Å². The molecule has 1 saturated heterocycles. The predicted octanol–water partition coefficient (Wildman–Crippen LogP) is 0.594. The molecule has 0 bridgehead atoms. The SMILES string of the molecule is NC[C@@H]1CCCN(C(=O)C2CC2)C1. The second-order valence-electron chi connectivity index (χ2n) is 4.30. The van der Waals surface area contributed by atoms with E-state index >= 15 is 0 Å². The van der Waals surface area contributed by atoms with Crippen molar-refractivity contribution in [2.24, 2.45) is 17.6 Å². The van der Waals surface area contributed by atoms with Crippen molar-refractivity contribution < 1.29 is 4.79 Å². The normalized spacial score (nSPS) is 29.0. The van der Waals surface area contributed by atoms with Crippen molar-refractivity contribution in [1.82, 2.24) is 4.90 Å². The number of likely N-dealkylation sites (tertiary alicyclic amines) is 1. The molecule has 2 aliphatic rings. The van der Waals surface area contributed by atoms with E-state index in [0.29, 0.717) is 17.7 Å². The minimum atomic E-state index is 0.372. The number of nitrogens with two attached hydrogens (primary N) is 1. The highest BCUT2D eigenvalue weighted by Gasteiger charge is 2.34. The van der Waals surface area contributed by atoms with Crippen LogP contribution in [-0.4, -0.2) is 30.4 Å². The maximum Gasteiger partial charge on any atom is 0.225 e. The first-order valence-electron chi connectivity index (χ1n) is 5.30. The Hall–Kier alpha value is -0.570. The van der Waals surface area contributed by atoms with E-state index in [0.717, 1.165) is 38.9 Å². The monoisotopic (exact) mass is 182 g/mol. The van der Waals surface area contributed by atoms with Gasteiger partial charge in [0.05, 0.1) is 0 Å². The van der Waals surface area contributed by atoms with Crippen LogP contribution < -0.4 is 5.73 Å². The van der Waals surface area contributed by atoms with Gasteiger partial charge in [-0.15, -0.1) is 0 Å². The average molecular weight is 182 g/mol. The van der Waals surface area contributed by atoms with Crippen LogP contribution in [0.15, 0.2) is 0 Å². The molecule has 0 spiro atoms. The first-order chi connectivity index (χ1) is 6.31. The summed E-state index contributed by atoms with van der Waals surface area (Å²) in [5.74, 6) is 1.31. The second kappa shape index (κ2) is 3.66. The number of rotatable bonds is 2. The van der Waals surface area contributed by atoms with Gasteiger partial charge in [0.2, 0.25) is 5.91 Å². The van der Waals surface area contributed by atoms with E-state index in [1.165, 1.54) is 6.42 Å². The van der Waals surface area contributed by atoms with Gasteiger partial charge in [0.1, 0.15) is 0 Å². The maximum absolute atomic E-state index is 11.7. The highest BCUT2D eigenvalue weighted by Crippen LogP contribution is 2.32. The highest BCUT2D eigenvalue weighted by atomic mass is 16.2. The van der Waals surface area contributed by atoms with Crippen LogP contribution in [0.1, 0.15) is 25.7 Å². The van der Waals surface area contributed by atoms with Crippen molar-refractivity contribution in [2.75, 3.05) is 19.6 Å². The lowest BCUT2D eigenvalue weighted by molar-refractivity contribution is -0.134. The molecule has 1 heterocycles. The summed E-state index contributed by atoms with van der Waals surface area (Å²) >= 11 is 0. The van der Waals surface area contributed by atoms with Crippen molar-refractivity contribution >= 4 is 5.91 Å². The van der Waals surface area contributed by atoms with Crippen LogP contribution in [0.5, 0.6) is 0 Å².